The van der Waals surface area contributed by atoms with Crippen molar-refractivity contribution < 1.29 is 0 Å². The molecule has 0 radical (unpaired) electrons. The lowest BCUT2D eigenvalue weighted by molar-refractivity contribution is 0.494. The fourth-order valence-electron chi connectivity index (χ4n) is 2.72. The van der Waals surface area contributed by atoms with Crippen molar-refractivity contribution in [3.05, 3.63) is 33.3 Å². The first-order valence-corrected chi connectivity index (χ1v) is 9.48. The van der Waals surface area contributed by atoms with Gasteiger partial charge in [0.15, 0.2) is 0 Å². The number of halogens is 2. The number of benzene rings is 1. The van der Waals surface area contributed by atoms with Crippen molar-refractivity contribution in [2.75, 3.05) is 7.05 Å². The van der Waals surface area contributed by atoms with E-state index in [-0.39, 0.29) is 0 Å². The Kier molecular flexibility index (Phi) is 10.4. The lowest BCUT2D eigenvalue weighted by atomic mass is 9.99. The average Bonchev–Trinajstić information content (AvgIpc) is 2.47. The molecule has 0 saturated carbocycles. The number of hydrogen-bond donors (Lipinski definition) is 1. The summed E-state index contributed by atoms with van der Waals surface area (Å²) < 4.78 is 1.04. The molecule has 0 amide bonds. The summed E-state index contributed by atoms with van der Waals surface area (Å²) in [7, 11) is 2.02. The largest absolute Gasteiger partial charge is 0.313 e. The van der Waals surface area contributed by atoms with Gasteiger partial charge in [0.25, 0.3) is 0 Å². The Bertz CT molecular complexity index is 395. The highest BCUT2D eigenvalue weighted by atomic mass is 79.9. The van der Waals surface area contributed by atoms with Gasteiger partial charge in [-0.1, -0.05) is 91.9 Å². The van der Waals surface area contributed by atoms with E-state index in [4.69, 9.17) is 11.6 Å². The van der Waals surface area contributed by atoms with E-state index < -0.39 is 0 Å². The highest BCUT2D eigenvalue weighted by molar-refractivity contribution is 9.10. The highest BCUT2D eigenvalue weighted by Gasteiger charge is 2.12. The minimum atomic E-state index is 0.366. The van der Waals surface area contributed by atoms with Gasteiger partial charge in [-0.05, 0) is 31.2 Å². The molecule has 1 N–H and O–H groups in total. The third-order valence-corrected chi connectivity index (χ3v) is 4.85. The van der Waals surface area contributed by atoms with Crippen LogP contribution in [0.25, 0.3) is 0 Å². The molecule has 0 aliphatic heterocycles. The van der Waals surface area contributed by atoms with Crippen LogP contribution in [-0.2, 0) is 0 Å². The maximum atomic E-state index is 6.34. The number of unbranched alkanes of at least 4 members (excludes halogenated alkanes) is 7. The van der Waals surface area contributed by atoms with Crippen molar-refractivity contribution in [2.45, 2.75) is 70.8 Å². The van der Waals surface area contributed by atoms with Crippen molar-refractivity contribution in [3.8, 4) is 0 Å². The van der Waals surface area contributed by atoms with E-state index in [1.165, 1.54) is 56.9 Å². The van der Waals surface area contributed by atoms with E-state index in [1.54, 1.807) is 0 Å². The van der Waals surface area contributed by atoms with Crippen LogP contribution in [0.5, 0.6) is 0 Å². The van der Waals surface area contributed by atoms with Gasteiger partial charge in [0.1, 0.15) is 0 Å². The van der Waals surface area contributed by atoms with Crippen LogP contribution in [0.4, 0.5) is 0 Å². The van der Waals surface area contributed by atoms with Crippen LogP contribution < -0.4 is 5.32 Å². The van der Waals surface area contributed by atoms with Crippen molar-refractivity contribution in [2.24, 2.45) is 0 Å². The van der Waals surface area contributed by atoms with Gasteiger partial charge >= 0.3 is 0 Å². The lowest BCUT2D eigenvalue weighted by Crippen LogP contribution is -2.16. The lowest BCUT2D eigenvalue weighted by Gasteiger charge is -2.18. The van der Waals surface area contributed by atoms with Gasteiger partial charge in [0.2, 0.25) is 0 Å². The average molecular weight is 375 g/mol. The SMILES string of the molecule is CCCCCCCCCCC(NC)c1ccc(Br)cc1Cl. The van der Waals surface area contributed by atoms with Gasteiger partial charge in [0.05, 0.1) is 0 Å². The second kappa shape index (κ2) is 11.5. The summed E-state index contributed by atoms with van der Waals surface area (Å²) in [5.74, 6) is 0. The highest BCUT2D eigenvalue weighted by Crippen LogP contribution is 2.29. The van der Waals surface area contributed by atoms with Gasteiger partial charge < -0.3 is 5.32 Å². The molecule has 1 atom stereocenters. The monoisotopic (exact) mass is 373 g/mol. The molecule has 1 unspecified atom stereocenters. The Morgan fingerprint density at radius 1 is 1.05 bits per heavy atom. The van der Waals surface area contributed by atoms with Crippen LogP contribution in [-0.4, -0.2) is 7.05 Å². The molecule has 3 heteroatoms. The van der Waals surface area contributed by atoms with Gasteiger partial charge in [0, 0.05) is 15.5 Å². The predicted molar refractivity (Wildman–Crippen MR) is 98.2 cm³/mol. The zero-order chi connectivity index (χ0) is 15.5. The summed E-state index contributed by atoms with van der Waals surface area (Å²) in [6, 6.07) is 6.54. The molecule has 0 aliphatic carbocycles. The van der Waals surface area contributed by atoms with Gasteiger partial charge in [-0.2, -0.15) is 0 Å². The fourth-order valence-corrected chi connectivity index (χ4v) is 3.53. The second-order valence-electron chi connectivity index (χ2n) is 5.77. The Morgan fingerprint density at radius 2 is 1.67 bits per heavy atom. The first-order valence-electron chi connectivity index (χ1n) is 8.31. The molecule has 0 aromatic heterocycles. The zero-order valence-corrected chi connectivity index (χ0v) is 15.8. The van der Waals surface area contributed by atoms with E-state index in [9.17, 15) is 0 Å². The van der Waals surface area contributed by atoms with E-state index in [0.717, 1.165) is 15.9 Å². The van der Waals surface area contributed by atoms with Crippen LogP contribution >= 0.6 is 27.5 Å². The predicted octanol–water partition coefficient (Wildman–Crippen LogP) is 6.89. The number of nitrogens with one attached hydrogen (secondary N) is 1. The van der Waals surface area contributed by atoms with Crippen LogP contribution in [0.2, 0.25) is 5.02 Å². The minimum absolute atomic E-state index is 0.366. The molecule has 1 rings (SSSR count). The van der Waals surface area contributed by atoms with Crippen LogP contribution in [0.1, 0.15) is 76.3 Å². The second-order valence-corrected chi connectivity index (χ2v) is 7.09. The standard InChI is InChI=1S/C18H29BrClN/c1-3-4-5-6-7-8-9-10-11-18(21-2)16-13-12-15(19)14-17(16)20/h12-14,18,21H,3-11H2,1-2H3. The van der Waals surface area contributed by atoms with E-state index in [0.29, 0.717) is 6.04 Å². The first kappa shape index (κ1) is 19.0. The molecule has 1 nitrogen and oxygen atoms in total. The van der Waals surface area contributed by atoms with Crippen LogP contribution in [0.15, 0.2) is 22.7 Å². The normalized spacial score (nSPS) is 12.6. The summed E-state index contributed by atoms with van der Waals surface area (Å²) in [6.07, 6.45) is 12.1. The Hall–Kier alpha value is -0.0500. The van der Waals surface area contributed by atoms with Crippen molar-refractivity contribution in [3.63, 3.8) is 0 Å². The van der Waals surface area contributed by atoms with Crippen molar-refractivity contribution in [1.82, 2.24) is 5.32 Å². The first-order chi connectivity index (χ1) is 10.2. The number of hydrogen-bond acceptors (Lipinski definition) is 1. The molecular weight excluding hydrogens is 346 g/mol. The summed E-state index contributed by atoms with van der Waals surface area (Å²) in [5.41, 5.74) is 1.21. The molecule has 21 heavy (non-hydrogen) atoms. The Balaban J connectivity index is 2.25. The maximum absolute atomic E-state index is 6.34. The van der Waals surface area contributed by atoms with Crippen molar-refractivity contribution in [1.29, 1.82) is 0 Å². The summed E-state index contributed by atoms with van der Waals surface area (Å²) in [6.45, 7) is 2.27. The van der Waals surface area contributed by atoms with Crippen LogP contribution in [0, 0.1) is 0 Å². The van der Waals surface area contributed by atoms with Gasteiger partial charge in [-0.3, -0.25) is 0 Å². The quantitative estimate of drug-likeness (QED) is 0.416. The molecular formula is C18H29BrClN. The third kappa shape index (κ3) is 7.67. The molecule has 0 heterocycles. The molecule has 0 bridgehead atoms. The Labute approximate surface area is 144 Å². The Morgan fingerprint density at radius 3 is 2.24 bits per heavy atom. The maximum Gasteiger partial charge on any atom is 0.0465 e. The van der Waals surface area contributed by atoms with Crippen molar-refractivity contribution >= 4 is 27.5 Å². The van der Waals surface area contributed by atoms with Gasteiger partial charge in [-0.15, -0.1) is 0 Å². The summed E-state index contributed by atoms with van der Waals surface area (Å²) in [4.78, 5) is 0. The van der Waals surface area contributed by atoms with E-state index in [1.807, 2.05) is 13.1 Å². The molecule has 0 spiro atoms. The topological polar surface area (TPSA) is 12.0 Å². The fraction of sp³-hybridized carbons (Fsp3) is 0.667. The third-order valence-electron chi connectivity index (χ3n) is 4.03. The zero-order valence-electron chi connectivity index (χ0n) is 13.4. The smallest absolute Gasteiger partial charge is 0.0465 e. The molecule has 120 valence electrons. The van der Waals surface area contributed by atoms with E-state index >= 15 is 0 Å². The minimum Gasteiger partial charge on any atom is -0.313 e. The molecule has 1 aromatic carbocycles. The van der Waals surface area contributed by atoms with Gasteiger partial charge in [-0.25, -0.2) is 0 Å². The summed E-state index contributed by atoms with van der Waals surface area (Å²) >= 11 is 9.81. The number of rotatable bonds is 11. The van der Waals surface area contributed by atoms with E-state index in [2.05, 4.69) is 40.3 Å². The molecule has 0 aliphatic rings. The van der Waals surface area contributed by atoms with Crippen LogP contribution in [0.3, 0.4) is 0 Å². The molecule has 0 saturated heterocycles. The molecule has 0 fully saturated rings. The summed E-state index contributed by atoms with van der Waals surface area (Å²) in [5, 5.41) is 4.25. The molecule has 1 aromatic rings.